The number of aromatic hydroxyl groups is 2. The molecule has 0 aliphatic carbocycles. The third kappa shape index (κ3) is 7.41. The van der Waals surface area contributed by atoms with Gasteiger partial charge in [0.15, 0.2) is 12.6 Å². The monoisotopic (exact) mass is 486 g/mol. The first-order chi connectivity index (χ1) is 16.9. The van der Waals surface area contributed by atoms with Crippen molar-refractivity contribution in [1.82, 2.24) is 0 Å². The lowest BCUT2D eigenvalue weighted by Gasteiger charge is -2.36. The molecule has 0 saturated carbocycles. The fraction of sp³-hybridized carbons (Fsp3) is 0.571. The molecule has 0 radical (unpaired) electrons. The van der Waals surface area contributed by atoms with Gasteiger partial charge in [0, 0.05) is 17.5 Å². The van der Waals surface area contributed by atoms with Crippen molar-refractivity contribution in [3.8, 4) is 11.5 Å². The first-order valence-electron chi connectivity index (χ1n) is 12.8. The Hall–Kier alpha value is -2.16. The maximum atomic E-state index is 10.7. The Bertz CT molecular complexity index is 901. The third-order valence-corrected chi connectivity index (χ3v) is 6.81. The lowest BCUT2D eigenvalue weighted by atomic mass is 9.97. The van der Waals surface area contributed by atoms with Crippen LogP contribution >= 0.6 is 0 Å². The molecule has 0 bridgehead atoms. The zero-order valence-electron chi connectivity index (χ0n) is 20.6. The molecule has 0 aromatic heterocycles. The summed E-state index contributed by atoms with van der Waals surface area (Å²) in [5.74, 6) is 0.428. The van der Waals surface area contributed by atoms with E-state index in [2.05, 4.69) is 6.92 Å². The van der Waals surface area contributed by atoms with Crippen molar-refractivity contribution in [1.29, 1.82) is 0 Å². The Balaban J connectivity index is 1.24. The zero-order valence-corrected chi connectivity index (χ0v) is 20.6. The van der Waals surface area contributed by atoms with Gasteiger partial charge in [-0.2, -0.15) is 0 Å². The van der Waals surface area contributed by atoms with E-state index in [1.807, 2.05) is 19.1 Å². The largest absolute Gasteiger partial charge is 0.508 e. The van der Waals surface area contributed by atoms with Crippen molar-refractivity contribution < 1.29 is 34.3 Å². The molecule has 4 rings (SSSR count). The van der Waals surface area contributed by atoms with Gasteiger partial charge in [-0.05, 0) is 69.7 Å². The number of aliphatic hydroxyl groups excluding tert-OH is 1. The summed E-state index contributed by atoms with van der Waals surface area (Å²) in [4.78, 5) is 0. The van der Waals surface area contributed by atoms with Gasteiger partial charge in [0.05, 0.1) is 30.5 Å². The van der Waals surface area contributed by atoms with Gasteiger partial charge in [-0.3, -0.25) is 0 Å². The molecule has 2 aromatic rings. The van der Waals surface area contributed by atoms with Crippen molar-refractivity contribution in [3.05, 3.63) is 59.7 Å². The average Bonchev–Trinajstić information content (AvgIpc) is 2.84. The van der Waals surface area contributed by atoms with Crippen LogP contribution in [0.1, 0.15) is 82.5 Å². The number of phenolic OH excluding ortho intramolecular Hbond substituents is 2. The maximum Gasteiger partial charge on any atom is 0.184 e. The van der Waals surface area contributed by atoms with Crippen LogP contribution in [-0.4, -0.2) is 45.8 Å². The van der Waals surface area contributed by atoms with Crippen LogP contribution in [0.3, 0.4) is 0 Å². The molecular weight excluding hydrogens is 448 g/mol. The maximum absolute atomic E-state index is 10.7. The molecule has 0 spiro atoms. The summed E-state index contributed by atoms with van der Waals surface area (Å²) >= 11 is 0. The smallest absolute Gasteiger partial charge is 0.184 e. The lowest BCUT2D eigenvalue weighted by Crippen LogP contribution is -2.35. The molecule has 2 aromatic carbocycles. The summed E-state index contributed by atoms with van der Waals surface area (Å²) in [5, 5.41) is 29.8. The predicted molar refractivity (Wildman–Crippen MR) is 131 cm³/mol. The zero-order chi connectivity index (χ0) is 24.8. The standard InChI is InChI=1S/C28H38O7/c1-3-24-17-25(34-28(33-24)20-9-13-22(30)14-10-20)6-4-5-23(31)16-26-15-18(2)32-27(35-26)19-7-11-21(29)12-8-19/h7-14,18,23-31H,3-6,15-17H2,1-2H3. The van der Waals surface area contributed by atoms with Gasteiger partial charge in [-0.1, -0.05) is 31.2 Å². The van der Waals surface area contributed by atoms with E-state index >= 15 is 0 Å². The summed E-state index contributed by atoms with van der Waals surface area (Å²) in [5.41, 5.74) is 1.76. The fourth-order valence-electron chi connectivity index (χ4n) is 4.87. The van der Waals surface area contributed by atoms with Crippen LogP contribution in [0.4, 0.5) is 0 Å². The first-order valence-corrected chi connectivity index (χ1v) is 12.8. The normalized spacial score (nSPS) is 30.1. The molecule has 2 aliphatic heterocycles. The van der Waals surface area contributed by atoms with Gasteiger partial charge in [-0.25, -0.2) is 0 Å². The van der Waals surface area contributed by atoms with Crippen LogP contribution < -0.4 is 0 Å². The summed E-state index contributed by atoms with van der Waals surface area (Å²) in [6, 6.07) is 13.8. The van der Waals surface area contributed by atoms with Crippen LogP contribution in [0.15, 0.2) is 48.5 Å². The summed E-state index contributed by atoms with van der Waals surface area (Å²) < 4.78 is 24.4. The van der Waals surface area contributed by atoms with E-state index in [4.69, 9.17) is 18.9 Å². The highest BCUT2D eigenvalue weighted by atomic mass is 16.7. The van der Waals surface area contributed by atoms with E-state index in [1.54, 1.807) is 36.4 Å². The Morgan fingerprint density at radius 2 is 1.31 bits per heavy atom. The molecule has 35 heavy (non-hydrogen) atoms. The van der Waals surface area contributed by atoms with E-state index in [1.165, 1.54) is 0 Å². The number of hydrogen-bond donors (Lipinski definition) is 3. The second-order valence-electron chi connectivity index (χ2n) is 9.77. The van der Waals surface area contributed by atoms with E-state index in [-0.39, 0.29) is 35.9 Å². The average molecular weight is 487 g/mol. The van der Waals surface area contributed by atoms with E-state index in [0.717, 1.165) is 43.2 Å². The minimum atomic E-state index is -0.491. The number of ether oxygens (including phenoxy) is 4. The lowest BCUT2D eigenvalue weighted by molar-refractivity contribution is -0.250. The Labute approximate surface area is 207 Å². The predicted octanol–water partition coefficient (Wildman–Crippen LogP) is 5.49. The van der Waals surface area contributed by atoms with Crippen LogP contribution in [0.5, 0.6) is 11.5 Å². The number of hydrogen-bond acceptors (Lipinski definition) is 7. The molecule has 7 nitrogen and oxygen atoms in total. The number of rotatable bonds is 9. The minimum absolute atomic E-state index is 0.0261. The van der Waals surface area contributed by atoms with Gasteiger partial charge in [0.1, 0.15) is 11.5 Å². The van der Waals surface area contributed by atoms with Crippen LogP contribution in [0.25, 0.3) is 0 Å². The Morgan fingerprint density at radius 3 is 1.91 bits per heavy atom. The van der Waals surface area contributed by atoms with Crippen LogP contribution in [-0.2, 0) is 18.9 Å². The van der Waals surface area contributed by atoms with Crippen LogP contribution in [0, 0.1) is 0 Å². The molecule has 2 heterocycles. The van der Waals surface area contributed by atoms with Crippen molar-refractivity contribution in [2.24, 2.45) is 0 Å². The molecular formula is C28H38O7. The van der Waals surface area contributed by atoms with Crippen LogP contribution in [0.2, 0.25) is 0 Å². The van der Waals surface area contributed by atoms with Crippen molar-refractivity contribution >= 4 is 0 Å². The molecule has 2 aliphatic rings. The highest BCUT2D eigenvalue weighted by molar-refractivity contribution is 5.27. The summed E-state index contributed by atoms with van der Waals surface area (Å²) in [6.07, 6.45) is 4.20. The molecule has 2 saturated heterocycles. The highest BCUT2D eigenvalue weighted by Crippen LogP contribution is 2.35. The Kier molecular flexibility index (Phi) is 9.03. The SMILES string of the molecule is CCC1CC(CCCC(O)CC2CC(C)OC(c3ccc(O)cc3)O2)OC(c2ccc(O)cc2)O1. The number of aliphatic hydroxyl groups is 1. The first kappa shape index (κ1) is 25.9. The van der Waals surface area contributed by atoms with E-state index in [9.17, 15) is 15.3 Å². The van der Waals surface area contributed by atoms with E-state index in [0.29, 0.717) is 12.8 Å². The second kappa shape index (κ2) is 12.2. The van der Waals surface area contributed by atoms with Gasteiger partial charge in [0.25, 0.3) is 0 Å². The number of benzene rings is 2. The third-order valence-electron chi connectivity index (χ3n) is 6.81. The molecule has 3 N–H and O–H groups in total. The number of phenols is 2. The summed E-state index contributed by atoms with van der Waals surface area (Å²) in [7, 11) is 0. The van der Waals surface area contributed by atoms with Gasteiger partial charge in [-0.15, -0.1) is 0 Å². The molecule has 7 heteroatoms. The molecule has 7 unspecified atom stereocenters. The minimum Gasteiger partial charge on any atom is -0.508 e. The summed E-state index contributed by atoms with van der Waals surface area (Å²) in [6.45, 7) is 4.14. The van der Waals surface area contributed by atoms with E-state index < -0.39 is 18.7 Å². The van der Waals surface area contributed by atoms with Crippen molar-refractivity contribution in [2.75, 3.05) is 0 Å². The molecule has 2 fully saturated rings. The van der Waals surface area contributed by atoms with Crippen molar-refractivity contribution in [2.45, 2.75) is 102 Å². The fourth-order valence-corrected chi connectivity index (χ4v) is 4.87. The van der Waals surface area contributed by atoms with Gasteiger partial charge >= 0.3 is 0 Å². The van der Waals surface area contributed by atoms with Gasteiger partial charge in [0.2, 0.25) is 0 Å². The quantitative estimate of drug-likeness (QED) is 0.431. The topological polar surface area (TPSA) is 97.6 Å². The second-order valence-corrected chi connectivity index (χ2v) is 9.77. The van der Waals surface area contributed by atoms with Gasteiger partial charge < -0.3 is 34.3 Å². The molecule has 192 valence electrons. The highest BCUT2D eigenvalue weighted by Gasteiger charge is 2.32. The Morgan fingerprint density at radius 1 is 0.771 bits per heavy atom. The molecule has 0 amide bonds. The van der Waals surface area contributed by atoms with Crippen molar-refractivity contribution in [3.63, 3.8) is 0 Å². The molecule has 7 atom stereocenters.